The minimum absolute atomic E-state index is 0.687. The maximum atomic E-state index is 4.61. The normalized spacial score (nSPS) is 21.3. The highest BCUT2D eigenvalue weighted by atomic mass is 79.9. The van der Waals surface area contributed by atoms with E-state index in [0.29, 0.717) is 12.0 Å². The fraction of sp³-hybridized carbons (Fsp3) is 0.538. The van der Waals surface area contributed by atoms with Crippen LogP contribution >= 0.6 is 27.7 Å². The van der Waals surface area contributed by atoms with Crippen molar-refractivity contribution in [2.24, 2.45) is 5.92 Å². The van der Waals surface area contributed by atoms with E-state index >= 15 is 0 Å². The van der Waals surface area contributed by atoms with E-state index in [2.05, 4.69) is 73.8 Å². The summed E-state index contributed by atoms with van der Waals surface area (Å²) in [5.41, 5.74) is 7.55. The van der Waals surface area contributed by atoms with Gasteiger partial charge in [-0.25, -0.2) is 0 Å². The van der Waals surface area contributed by atoms with Crippen molar-refractivity contribution in [1.82, 2.24) is 8.75 Å². The van der Waals surface area contributed by atoms with Gasteiger partial charge in [-0.05, 0) is 70.4 Å². The van der Waals surface area contributed by atoms with Crippen LogP contribution in [0.1, 0.15) is 76.7 Å². The molecule has 2 aliphatic rings. The molecule has 3 unspecified atom stereocenters. The summed E-state index contributed by atoms with van der Waals surface area (Å²) < 4.78 is 10.1. The first-order chi connectivity index (χ1) is 15.2. The van der Waals surface area contributed by atoms with Gasteiger partial charge in [0, 0.05) is 34.2 Å². The molecule has 0 N–H and O–H groups in total. The molecule has 1 aliphatic carbocycles. The molecular weight excluding hydrogens is 466 g/mol. The molecule has 1 aromatic heterocycles. The summed E-state index contributed by atoms with van der Waals surface area (Å²) in [5, 5.41) is 0. The number of benzene rings is 2. The molecule has 0 bridgehead atoms. The van der Waals surface area contributed by atoms with Crippen LogP contribution in [0.15, 0.2) is 34.8 Å². The van der Waals surface area contributed by atoms with Crippen molar-refractivity contribution >= 4 is 44.4 Å². The van der Waals surface area contributed by atoms with E-state index in [0.717, 1.165) is 21.4 Å². The first kappa shape index (κ1) is 21.4. The summed E-state index contributed by atoms with van der Waals surface area (Å²) >= 11 is 4.93. The third kappa shape index (κ3) is 3.93. The lowest BCUT2D eigenvalue weighted by molar-refractivity contribution is 0.359. The van der Waals surface area contributed by atoms with Crippen LogP contribution in [-0.2, 0) is 0 Å². The van der Waals surface area contributed by atoms with E-state index in [1.165, 1.54) is 86.5 Å². The molecule has 2 heterocycles. The SMILES string of the molecule is CCCCC(CC)CN1c2ccc(-c3ccc(Br)c4nsnc34)cc2C2CCCCC21. The first-order valence-corrected chi connectivity index (χ1v) is 13.5. The maximum Gasteiger partial charge on any atom is 0.119 e. The molecule has 3 nitrogen and oxygen atoms in total. The number of anilines is 1. The summed E-state index contributed by atoms with van der Waals surface area (Å²) in [5.74, 6) is 1.49. The second kappa shape index (κ2) is 9.19. The van der Waals surface area contributed by atoms with Crippen LogP contribution in [0.4, 0.5) is 5.69 Å². The first-order valence-electron chi connectivity index (χ1n) is 12.0. The highest BCUT2D eigenvalue weighted by Gasteiger charge is 2.40. The standard InChI is InChI=1S/C26H32BrN3S/c1-3-5-8-17(4-2)16-30-23-10-7-6-9-20(23)21-15-18(11-14-24(21)30)19-12-13-22(27)26-25(19)28-31-29-26/h11-15,17,20,23H,3-10,16H2,1-2H3. The second-order valence-corrected chi connectivity index (χ2v) is 10.7. The van der Waals surface area contributed by atoms with Crippen molar-refractivity contribution in [3.63, 3.8) is 0 Å². The summed E-state index contributed by atoms with van der Waals surface area (Å²) in [4.78, 5) is 2.80. The van der Waals surface area contributed by atoms with Crippen molar-refractivity contribution in [2.75, 3.05) is 11.4 Å². The number of rotatable bonds is 7. The van der Waals surface area contributed by atoms with Crippen LogP contribution < -0.4 is 4.90 Å². The molecule has 1 saturated carbocycles. The highest BCUT2D eigenvalue weighted by molar-refractivity contribution is 9.10. The lowest BCUT2D eigenvalue weighted by Gasteiger charge is -2.35. The van der Waals surface area contributed by atoms with Crippen LogP contribution in [0.2, 0.25) is 0 Å². The topological polar surface area (TPSA) is 29.0 Å². The Hall–Kier alpha value is -1.46. The molecule has 0 radical (unpaired) electrons. The fourth-order valence-electron chi connectivity index (χ4n) is 5.80. The molecule has 164 valence electrons. The Kier molecular flexibility index (Phi) is 6.34. The lowest BCUT2D eigenvalue weighted by atomic mass is 9.81. The van der Waals surface area contributed by atoms with Crippen LogP contribution in [-0.4, -0.2) is 21.3 Å². The number of hydrogen-bond acceptors (Lipinski definition) is 4. The van der Waals surface area contributed by atoms with Gasteiger partial charge in [-0.1, -0.05) is 58.1 Å². The Morgan fingerprint density at radius 3 is 2.77 bits per heavy atom. The molecule has 5 rings (SSSR count). The fourth-order valence-corrected chi connectivity index (χ4v) is 6.90. The minimum Gasteiger partial charge on any atom is -0.367 e. The molecule has 1 aliphatic heterocycles. The monoisotopic (exact) mass is 497 g/mol. The molecular formula is C26H32BrN3S. The number of aromatic nitrogens is 2. The predicted octanol–water partition coefficient (Wildman–Crippen LogP) is 8.18. The molecule has 2 aromatic carbocycles. The molecule has 0 spiro atoms. The van der Waals surface area contributed by atoms with Crippen molar-refractivity contribution < 1.29 is 0 Å². The van der Waals surface area contributed by atoms with Gasteiger partial charge in [0.15, 0.2) is 0 Å². The van der Waals surface area contributed by atoms with Gasteiger partial charge >= 0.3 is 0 Å². The largest absolute Gasteiger partial charge is 0.367 e. The van der Waals surface area contributed by atoms with E-state index in [9.17, 15) is 0 Å². The Morgan fingerprint density at radius 2 is 1.94 bits per heavy atom. The number of nitrogens with zero attached hydrogens (tertiary/aromatic N) is 3. The third-order valence-electron chi connectivity index (χ3n) is 7.54. The molecule has 3 atom stereocenters. The lowest BCUT2D eigenvalue weighted by Crippen LogP contribution is -2.39. The van der Waals surface area contributed by atoms with Gasteiger partial charge in [0.25, 0.3) is 0 Å². The molecule has 5 heteroatoms. The third-order valence-corrected chi connectivity index (χ3v) is 8.71. The van der Waals surface area contributed by atoms with Crippen LogP contribution in [0.5, 0.6) is 0 Å². The average molecular weight is 499 g/mol. The Labute approximate surface area is 198 Å². The zero-order chi connectivity index (χ0) is 21.4. The second-order valence-electron chi connectivity index (χ2n) is 9.36. The van der Waals surface area contributed by atoms with Gasteiger partial charge in [-0.15, -0.1) is 0 Å². The highest BCUT2D eigenvalue weighted by Crippen LogP contribution is 2.49. The Morgan fingerprint density at radius 1 is 1.10 bits per heavy atom. The van der Waals surface area contributed by atoms with Crippen LogP contribution in [0.3, 0.4) is 0 Å². The van der Waals surface area contributed by atoms with Gasteiger partial charge in [0.1, 0.15) is 11.0 Å². The van der Waals surface area contributed by atoms with Gasteiger partial charge in [-0.2, -0.15) is 8.75 Å². The van der Waals surface area contributed by atoms with Crippen LogP contribution in [0.25, 0.3) is 22.2 Å². The van der Waals surface area contributed by atoms with Crippen LogP contribution in [0, 0.1) is 5.92 Å². The number of unbranched alkanes of at least 4 members (excludes halogenated alkanes) is 1. The van der Waals surface area contributed by atoms with Gasteiger partial charge in [-0.3, -0.25) is 0 Å². The maximum absolute atomic E-state index is 4.61. The summed E-state index contributed by atoms with van der Waals surface area (Å²) in [6.07, 6.45) is 10.7. The van der Waals surface area contributed by atoms with Crippen molar-refractivity contribution in [3.8, 4) is 11.1 Å². The summed E-state index contributed by atoms with van der Waals surface area (Å²) in [6, 6.07) is 12.2. The molecule has 3 aromatic rings. The Balaban J connectivity index is 1.52. The number of fused-ring (bicyclic) bond motifs is 4. The summed E-state index contributed by atoms with van der Waals surface area (Å²) in [7, 11) is 0. The average Bonchev–Trinajstić information content (AvgIpc) is 3.41. The predicted molar refractivity (Wildman–Crippen MR) is 136 cm³/mol. The van der Waals surface area contributed by atoms with E-state index < -0.39 is 0 Å². The van der Waals surface area contributed by atoms with Crippen molar-refractivity contribution in [2.45, 2.75) is 77.2 Å². The van der Waals surface area contributed by atoms with E-state index in [4.69, 9.17) is 0 Å². The van der Waals surface area contributed by atoms with E-state index in [1.807, 2.05) is 0 Å². The minimum atomic E-state index is 0.687. The summed E-state index contributed by atoms with van der Waals surface area (Å²) in [6.45, 7) is 5.91. The van der Waals surface area contributed by atoms with Gasteiger partial charge in [0.2, 0.25) is 0 Å². The molecule has 1 fully saturated rings. The molecule has 31 heavy (non-hydrogen) atoms. The van der Waals surface area contributed by atoms with Crippen molar-refractivity contribution in [3.05, 3.63) is 40.4 Å². The zero-order valence-electron chi connectivity index (χ0n) is 18.6. The number of hydrogen-bond donors (Lipinski definition) is 0. The van der Waals surface area contributed by atoms with Gasteiger partial charge < -0.3 is 4.90 Å². The smallest absolute Gasteiger partial charge is 0.119 e. The quantitative estimate of drug-likeness (QED) is 0.329. The van der Waals surface area contributed by atoms with E-state index in [1.54, 1.807) is 5.56 Å². The molecule has 0 saturated heterocycles. The Bertz CT molecular complexity index is 1060. The number of halogens is 1. The molecule has 0 amide bonds. The van der Waals surface area contributed by atoms with Gasteiger partial charge in [0.05, 0.1) is 11.7 Å². The van der Waals surface area contributed by atoms with Crippen molar-refractivity contribution in [1.29, 1.82) is 0 Å². The van der Waals surface area contributed by atoms with E-state index in [-0.39, 0.29) is 0 Å². The zero-order valence-corrected chi connectivity index (χ0v) is 21.0.